The largest absolute Gasteiger partial charge is 0.508 e. The fourth-order valence-electron chi connectivity index (χ4n) is 5.18. The molecule has 0 bridgehead atoms. The molecule has 1 aromatic heterocycles. The molecule has 5 N–H and O–H groups in total. The summed E-state index contributed by atoms with van der Waals surface area (Å²) < 4.78 is 0.0773. The Kier molecular flexibility index (Phi) is 10.9. The number of rotatable bonds is 12. The number of benzene rings is 1. The van der Waals surface area contributed by atoms with Crippen molar-refractivity contribution in [2.45, 2.75) is 96.4 Å². The Bertz CT molecular complexity index is 1120. The van der Waals surface area contributed by atoms with E-state index in [2.05, 4.69) is 67.6 Å². The van der Waals surface area contributed by atoms with E-state index >= 15 is 0 Å². The van der Waals surface area contributed by atoms with Crippen LogP contribution in [-0.2, 0) is 27.4 Å². The Balaban J connectivity index is 1.60. The summed E-state index contributed by atoms with van der Waals surface area (Å²) in [6.07, 6.45) is 4.34. The van der Waals surface area contributed by atoms with Crippen LogP contribution in [0.2, 0.25) is 0 Å². The van der Waals surface area contributed by atoms with E-state index in [-0.39, 0.29) is 41.3 Å². The number of nitrogens with two attached hydrogens (primary N) is 1. The van der Waals surface area contributed by atoms with Gasteiger partial charge in [0, 0.05) is 41.6 Å². The predicted octanol–water partition coefficient (Wildman–Crippen LogP) is 5.31. The van der Waals surface area contributed by atoms with E-state index in [0.717, 1.165) is 49.9 Å². The number of aromatic amines is 1. The van der Waals surface area contributed by atoms with Crippen LogP contribution in [0.25, 0.3) is 10.9 Å². The lowest BCUT2D eigenvalue weighted by Gasteiger charge is -2.32. The van der Waals surface area contributed by atoms with Crippen LogP contribution in [0.15, 0.2) is 17.2 Å². The van der Waals surface area contributed by atoms with E-state index in [0.29, 0.717) is 24.8 Å². The van der Waals surface area contributed by atoms with Crippen LogP contribution in [0.4, 0.5) is 0 Å². The first-order chi connectivity index (χ1) is 18.3. The summed E-state index contributed by atoms with van der Waals surface area (Å²) in [6.45, 7) is 16.6. The maximum atomic E-state index is 12.0. The van der Waals surface area contributed by atoms with Gasteiger partial charge >= 0.3 is 0 Å². The number of carbonyl (C=O) groups excluding carboxylic acids is 2. The molecule has 0 radical (unpaired) electrons. The van der Waals surface area contributed by atoms with Crippen molar-refractivity contribution in [3.8, 4) is 5.75 Å². The highest BCUT2D eigenvalue weighted by atomic mass is 32.2. The average molecular weight is 561 g/mol. The summed E-state index contributed by atoms with van der Waals surface area (Å²) in [5, 5.41) is 16.3. The number of Topliss-reactive ketones (excluding diaryl/α,β-unsaturated/α-hetero) is 1. The summed E-state index contributed by atoms with van der Waals surface area (Å²) in [5.74, 6) is 5.51. The van der Waals surface area contributed by atoms with Gasteiger partial charge in [-0.25, -0.2) is 5.90 Å². The summed E-state index contributed by atoms with van der Waals surface area (Å²) in [7, 11) is 0. The number of hydrogen-bond donors (Lipinski definition) is 4. The number of ketones is 1. The Morgan fingerprint density at radius 3 is 2.44 bits per heavy atom. The molecule has 1 saturated heterocycles. The number of phenols is 1. The Morgan fingerprint density at radius 2 is 1.82 bits per heavy atom. The zero-order valence-corrected chi connectivity index (χ0v) is 25.4. The average Bonchev–Trinajstić information content (AvgIpc) is 3.15. The quantitative estimate of drug-likeness (QED) is 0.205. The van der Waals surface area contributed by atoms with Gasteiger partial charge in [0.15, 0.2) is 5.78 Å². The number of amides is 1. The molecule has 2 heterocycles. The van der Waals surface area contributed by atoms with Gasteiger partial charge in [-0.2, -0.15) is 0 Å². The fourth-order valence-corrected chi connectivity index (χ4v) is 6.25. The minimum absolute atomic E-state index is 0.0773. The number of nitrogens with zero attached hydrogens (tertiary/aromatic N) is 1. The molecule has 39 heavy (non-hydrogen) atoms. The first kappa shape index (κ1) is 31.5. The maximum absolute atomic E-state index is 12.0. The van der Waals surface area contributed by atoms with Crippen molar-refractivity contribution in [2.24, 2.45) is 17.2 Å². The molecule has 0 spiro atoms. The first-order valence-electron chi connectivity index (χ1n) is 14.1. The number of aromatic nitrogens is 1. The number of nitrogens with one attached hydrogen (secondary N) is 2. The second-order valence-electron chi connectivity index (χ2n) is 13.1. The van der Waals surface area contributed by atoms with E-state index in [1.165, 1.54) is 16.0 Å². The standard InChI is InChI=1S/C30H48N4O4S/c1-29(2,3)17-23-22-8-9-25(36)24(27(22)33-28(23)39-30(4,5)6)18-34-15-12-20(13-16-34)11-14-32-26(37)10-7-21(35)19-38-31/h8-9,20,33,36H,7,10-19,31H2,1-6H3,(H,32,37). The van der Waals surface area contributed by atoms with Crippen LogP contribution in [0, 0.1) is 11.3 Å². The molecule has 218 valence electrons. The van der Waals surface area contributed by atoms with Gasteiger partial charge in [0.05, 0.1) is 10.5 Å². The Hall–Kier alpha value is -2.07. The summed E-state index contributed by atoms with van der Waals surface area (Å²) >= 11 is 1.86. The molecule has 0 atom stereocenters. The van der Waals surface area contributed by atoms with Crippen LogP contribution in [-0.4, -0.2) is 57.7 Å². The van der Waals surface area contributed by atoms with Gasteiger partial charge in [-0.3, -0.25) is 19.3 Å². The van der Waals surface area contributed by atoms with E-state index in [1.54, 1.807) is 0 Å². The number of phenolic OH excluding ortho intramolecular Hbond substituents is 1. The van der Waals surface area contributed by atoms with Crippen molar-refractivity contribution in [3.63, 3.8) is 0 Å². The van der Waals surface area contributed by atoms with Crippen LogP contribution < -0.4 is 11.2 Å². The highest BCUT2D eigenvalue weighted by molar-refractivity contribution is 8.00. The number of hydrogen-bond acceptors (Lipinski definition) is 7. The third-order valence-electron chi connectivity index (χ3n) is 7.08. The topological polar surface area (TPSA) is 121 Å². The lowest BCUT2D eigenvalue weighted by Crippen LogP contribution is -2.35. The highest BCUT2D eigenvalue weighted by Crippen LogP contribution is 2.42. The van der Waals surface area contributed by atoms with Crippen LogP contribution in [0.3, 0.4) is 0 Å². The molecule has 1 aliphatic heterocycles. The molecule has 2 aromatic rings. The number of carbonyl (C=O) groups is 2. The summed E-state index contributed by atoms with van der Waals surface area (Å²) in [4.78, 5) is 33.9. The molecule has 1 amide bonds. The molecule has 3 rings (SSSR count). The molecule has 8 nitrogen and oxygen atoms in total. The molecule has 1 aliphatic rings. The number of thioether (sulfide) groups is 1. The normalized spacial score (nSPS) is 15.7. The van der Waals surface area contributed by atoms with E-state index in [1.807, 2.05) is 17.8 Å². The van der Waals surface area contributed by atoms with Gasteiger partial charge in [0.25, 0.3) is 0 Å². The lowest BCUT2D eigenvalue weighted by atomic mass is 9.88. The Morgan fingerprint density at radius 1 is 1.13 bits per heavy atom. The predicted molar refractivity (Wildman–Crippen MR) is 159 cm³/mol. The van der Waals surface area contributed by atoms with Crippen molar-refractivity contribution in [3.05, 3.63) is 23.3 Å². The monoisotopic (exact) mass is 560 g/mol. The zero-order chi connectivity index (χ0) is 28.8. The first-order valence-corrected chi connectivity index (χ1v) is 14.9. The molecule has 1 fully saturated rings. The van der Waals surface area contributed by atoms with E-state index in [9.17, 15) is 14.7 Å². The van der Waals surface area contributed by atoms with Gasteiger partial charge in [0.1, 0.15) is 12.4 Å². The SMILES string of the molecule is CC(C)(C)Cc1c(SC(C)(C)C)[nH]c2c(CN3CCC(CCNC(=O)CCC(=O)CON)CC3)c(O)ccc12. The number of fused-ring (bicyclic) bond motifs is 1. The third-order valence-corrected chi connectivity index (χ3v) is 8.25. The van der Waals surface area contributed by atoms with Crippen LogP contribution in [0.5, 0.6) is 5.75 Å². The summed E-state index contributed by atoms with van der Waals surface area (Å²) in [5.41, 5.74) is 3.53. The molecular formula is C30H48N4O4S. The molecule has 0 unspecified atom stereocenters. The van der Waals surface area contributed by atoms with Gasteiger partial charge in [-0.15, -0.1) is 11.8 Å². The van der Waals surface area contributed by atoms with Gasteiger partial charge in [-0.05, 0) is 67.8 Å². The minimum atomic E-state index is -0.171. The molecular weight excluding hydrogens is 512 g/mol. The molecule has 1 aromatic carbocycles. The number of piperidine rings is 1. The number of likely N-dealkylation sites (tertiary alicyclic amines) is 1. The van der Waals surface area contributed by atoms with Crippen molar-refractivity contribution in [1.29, 1.82) is 0 Å². The second-order valence-corrected chi connectivity index (χ2v) is 14.9. The zero-order valence-electron chi connectivity index (χ0n) is 24.6. The number of aromatic hydroxyl groups is 1. The van der Waals surface area contributed by atoms with Crippen LogP contribution >= 0.6 is 11.8 Å². The van der Waals surface area contributed by atoms with Crippen molar-refractivity contribution in [1.82, 2.24) is 15.2 Å². The van der Waals surface area contributed by atoms with Gasteiger partial charge in [0.2, 0.25) is 5.91 Å². The van der Waals surface area contributed by atoms with E-state index < -0.39 is 0 Å². The molecule has 0 saturated carbocycles. The molecule has 0 aliphatic carbocycles. The highest BCUT2D eigenvalue weighted by Gasteiger charge is 2.26. The molecule has 9 heteroatoms. The van der Waals surface area contributed by atoms with Gasteiger partial charge < -0.3 is 15.4 Å². The van der Waals surface area contributed by atoms with Crippen molar-refractivity contribution < 1.29 is 19.5 Å². The maximum Gasteiger partial charge on any atom is 0.220 e. The Labute approximate surface area is 237 Å². The minimum Gasteiger partial charge on any atom is -0.508 e. The number of H-pyrrole nitrogens is 1. The second kappa shape index (κ2) is 13.5. The fraction of sp³-hybridized carbons (Fsp3) is 0.667. The lowest BCUT2D eigenvalue weighted by molar-refractivity contribution is -0.127. The van der Waals surface area contributed by atoms with Gasteiger partial charge in [-0.1, -0.05) is 41.5 Å². The van der Waals surface area contributed by atoms with Crippen molar-refractivity contribution in [2.75, 3.05) is 26.2 Å². The van der Waals surface area contributed by atoms with E-state index in [4.69, 9.17) is 5.90 Å². The van der Waals surface area contributed by atoms with Crippen molar-refractivity contribution >= 4 is 34.4 Å². The summed E-state index contributed by atoms with van der Waals surface area (Å²) in [6, 6.07) is 3.93. The van der Waals surface area contributed by atoms with Crippen LogP contribution in [0.1, 0.15) is 84.8 Å². The third kappa shape index (κ3) is 9.81. The smallest absolute Gasteiger partial charge is 0.220 e.